The van der Waals surface area contributed by atoms with Crippen LogP contribution in [0.5, 0.6) is 5.75 Å². The van der Waals surface area contributed by atoms with Gasteiger partial charge in [0.25, 0.3) is 0 Å². The summed E-state index contributed by atoms with van der Waals surface area (Å²) in [7, 11) is 1.31. The van der Waals surface area contributed by atoms with Gasteiger partial charge in [0.1, 0.15) is 12.3 Å². The molecule has 110 valence electrons. The van der Waals surface area contributed by atoms with Gasteiger partial charge in [0.15, 0.2) is 0 Å². The predicted octanol–water partition coefficient (Wildman–Crippen LogP) is 1.87. The largest absolute Gasteiger partial charge is 0.493 e. The molecule has 20 heavy (non-hydrogen) atoms. The topological polar surface area (TPSA) is 55.8 Å². The summed E-state index contributed by atoms with van der Waals surface area (Å²) in [5.41, 5.74) is 0. The maximum absolute atomic E-state index is 12.0. The molecule has 0 N–H and O–H groups in total. The van der Waals surface area contributed by atoms with Crippen LogP contribution in [-0.2, 0) is 14.3 Å². The Kier molecular flexibility index (Phi) is 7.17. The molecule has 1 aromatic carbocycles. The number of ether oxygens (including phenoxy) is 2. The first-order chi connectivity index (χ1) is 9.67. The van der Waals surface area contributed by atoms with Crippen molar-refractivity contribution in [1.29, 1.82) is 0 Å². The van der Waals surface area contributed by atoms with Crippen molar-refractivity contribution in [2.45, 2.75) is 19.8 Å². The van der Waals surface area contributed by atoms with Crippen molar-refractivity contribution in [1.82, 2.24) is 4.90 Å². The third-order valence-electron chi connectivity index (χ3n) is 2.72. The van der Waals surface area contributed by atoms with E-state index in [-0.39, 0.29) is 18.9 Å². The number of amides is 1. The van der Waals surface area contributed by atoms with Crippen LogP contribution >= 0.6 is 0 Å². The standard InChI is InChI=1S/C15H21NO4/c1-3-10-16(12-15(18)19-2)14(17)9-11-20-13-7-5-4-6-8-13/h4-8H,3,9-12H2,1-2H3. The third-order valence-corrected chi connectivity index (χ3v) is 2.72. The molecule has 5 heteroatoms. The summed E-state index contributed by atoms with van der Waals surface area (Å²) in [4.78, 5) is 24.8. The number of benzene rings is 1. The van der Waals surface area contributed by atoms with Crippen LogP contribution in [0.2, 0.25) is 0 Å². The van der Waals surface area contributed by atoms with Gasteiger partial charge in [0.05, 0.1) is 20.1 Å². The molecule has 0 aliphatic rings. The monoisotopic (exact) mass is 279 g/mol. The van der Waals surface area contributed by atoms with E-state index in [0.717, 1.165) is 12.2 Å². The van der Waals surface area contributed by atoms with Crippen molar-refractivity contribution in [2.75, 3.05) is 26.8 Å². The van der Waals surface area contributed by atoms with E-state index in [9.17, 15) is 9.59 Å². The van der Waals surface area contributed by atoms with Gasteiger partial charge in [-0.05, 0) is 18.6 Å². The highest BCUT2D eigenvalue weighted by Gasteiger charge is 2.16. The molecular weight excluding hydrogens is 258 g/mol. The Balaban J connectivity index is 2.39. The molecule has 0 saturated carbocycles. The lowest BCUT2D eigenvalue weighted by atomic mass is 10.3. The van der Waals surface area contributed by atoms with E-state index >= 15 is 0 Å². The van der Waals surface area contributed by atoms with Crippen molar-refractivity contribution in [3.8, 4) is 5.75 Å². The van der Waals surface area contributed by atoms with Gasteiger partial charge < -0.3 is 14.4 Å². The predicted molar refractivity (Wildman–Crippen MR) is 75.4 cm³/mol. The number of hydrogen-bond acceptors (Lipinski definition) is 4. The smallest absolute Gasteiger partial charge is 0.325 e. The number of para-hydroxylation sites is 1. The lowest BCUT2D eigenvalue weighted by Crippen LogP contribution is -2.37. The minimum Gasteiger partial charge on any atom is -0.493 e. The summed E-state index contributed by atoms with van der Waals surface area (Å²) in [5, 5.41) is 0. The lowest BCUT2D eigenvalue weighted by Gasteiger charge is -2.20. The number of hydrogen-bond donors (Lipinski definition) is 0. The van der Waals surface area contributed by atoms with E-state index in [1.54, 1.807) is 0 Å². The quantitative estimate of drug-likeness (QED) is 0.682. The Morgan fingerprint density at radius 3 is 2.50 bits per heavy atom. The van der Waals surface area contributed by atoms with Crippen LogP contribution < -0.4 is 4.74 Å². The van der Waals surface area contributed by atoms with E-state index in [2.05, 4.69) is 4.74 Å². The van der Waals surface area contributed by atoms with Crippen LogP contribution in [0.1, 0.15) is 19.8 Å². The van der Waals surface area contributed by atoms with Gasteiger partial charge in [-0.2, -0.15) is 0 Å². The van der Waals surface area contributed by atoms with E-state index in [1.807, 2.05) is 37.3 Å². The number of carbonyl (C=O) groups is 2. The number of methoxy groups -OCH3 is 1. The second-order valence-electron chi connectivity index (χ2n) is 4.30. The fourth-order valence-corrected chi connectivity index (χ4v) is 1.71. The first kappa shape index (κ1) is 16.0. The molecule has 1 aromatic rings. The Hall–Kier alpha value is -2.04. The van der Waals surface area contributed by atoms with Crippen LogP contribution in [0.25, 0.3) is 0 Å². The third kappa shape index (κ3) is 5.73. The highest BCUT2D eigenvalue weighted by molar-refractivity contribution is 5.82. The van der Waals surface area contributed by atoms with Gasteiger partial charge in [-0.3, -0.25) is 9.59 Å². The average Bonchev–Trinajstić information content (AvgIpc) is 2.47. The summed E-state index contributed by atoms with van der Waals surface area (Å²) in [5.74, 6) is 0.222. The number of nitrogens with zero attached hydrogens (tertiary/aromatic N) is 1. The minimum absolute atomic E-state index is 0.00545. The van der Waals surface area contributed by atoms with Crippen LogP contribution in [-0.4, -0.2) is 43.6 Å². The molecule has 5 nitrogen and oxygen atoms in total. The van der Waals surface area contributed by atoms with Gasteiger partial charge in [0.2, 0.25) is 5.91 Å². The zero-order valence-corrected chi connectivity index (χ0v) is 12.0. The Bertz CT molecular complexity index is 419. The van der Waals surface area contributed by atoms with Crippen molar-refractivity contribution in [2.24, 2.45) is 0 Å². The summed E-state index contributed by atoms with van der Waals surface area (Å²) in [6.45, 7) is 2.79. The molecule has 0 aromatic heterocycles. The van der Waals surface area contributed by atoms with Crippen LogP contribution in [0.4, 0.5) is 0 Å². The van der Waals surface area contributed by atoms with Crippen LogP contribution in [0.15, 0.2) is 30.3 Å². The van der Waals surface area contributed by atoms with Gasteiger partial charge >= 0.3 is 5.97 Å². The van der Waals surface area contributed by atoms with Crippen molar-refractivity contribution in [3.05, 3.63) is 30.3 Å². The highest BCUT2D eigenvalue weighted by atomic mass is 16.5. The number of rotatable bonds is 8. The first-order valence-electron chi connectivity index (χ1n) is 6.69. The molecular formula is C15H21NO4. The number of esters is 1. The van der Waals surface area contributed by atoms with Gasteiger partial charge in [-0.25, -0.2) is 0 Å². The molecule has 1 rings (SSSR count). The molecule has 0 aliphatic heterocycles. The van der Waals surface area contributed by atoms with Crippen molar-refractivity contribution in [3.63, 3.8) is 0 Å². The molecule has 0 heterocycles. The van der Waals surface area contributed by atoms with Crippen LogP contribution in [0.3, 0.4) is 0 Å². The summed E-state index contributed by atoms with van der Waals surface area (Å²) >= 11 is 0. The molecule has 0 bridgehead atoms. The maximum Gasteiger partial charge on any atom is 0.325 e. The van der Waals surface area contributed by atoms with Crippen molar-refractivity contribution < 1.29 is 19.1 Å². The fraction of sp³-hybridized carbons (Fsp3) is 0.467. The Morgan fingerprint density at radius 2 is 1.90 bits per heavy atom. The molecule has 0 saturated heterocycles. The minimum atomic E-state index is -0.407. The maximum atomic E-state index is 12.0. The molecule has 0 aliphatic carbocycles. The zero-order chi connectivity index (χ0) is 14.8. The van der Waals surface area contributed by atoms with E-state index in [4.69, 9.17) is 4.74 Å². The van der Waals surface area contributed by atoms with E-state index in [0.29, 0.717) is 13.2 Å². The fourth-order valence-electron chi connectivity index (χ4n) is 1.71. The Labute approximate surface area is 119 Å². The van der Waals surface area contributed by atoms with E-state index in [1.165, 1.54) is 12.0 Å². The molecule has 0 spiro atoms. The highest BCUT2D eigenvalue weighted by Crippen LogP contribution is 2.09. The second kappa shape index (κ2) is 8.96. The van der Waals surface area contributed by atoms with Crippen molar-refractivity contribution >= 4 is 11.9 Å². The van der Waals surface area contributed by atoms with Crippen LogP contribution in [0, 0.1) is 0 Å². The number of carbonyl (C=O) groups excluding carboxylic acids is 2. The molecule has 1 amide bonds. The molecule has 0 fully saturated rings. The summed E-state index contributed by atoms with van der Waals surface area (Å²) in [6, 6.07) is 9.32. The second-order valence-corrected chi connectivity index (χ2v) is 4.30. The SMILES string of the molecule is CCCN(CC(=O)OC)C(=O)CCOc1ccccc1. The lowest BCUT2D eigenvalue weighted by molar-refractivity contribution is -0.147. The average molecular weight is 279 g/mol. The van der Waals surface area contributed by atoms with Gasteiger partial charge in [-0.1, -0.05) is 25.1 Å². The summed E-state index contributed by atoms with van der Waals surface area (Å²) < 4.78 is 10.1. The van der Waals surface area contributed by atoms with Gasteiger partial charge in [0, 0.05) is 6.54 Å². The molecule has 0 unspecified atom stereocenters. The summed E-state index contributed by atoms with van der Waals surface area (Å²) in [6.07, 6.45) is 1.04. The van der Waals surface area contributed by atoms with Gasteiger partial charge in [-0.15, -0.1) is 0 Å². The zero-order valence-electron chi connectivity index (χ0n) is 12.0. The normalized spacial score (nSPS) is 9.90. The first-order valence-corrected chi connectivity index (χ1v) is 6.69. The molecule has 0 atom stereocenters. The molecule has 0 radical (unpaired) electrons. The Morgan fingerprint density at radius 1 is 1.20 bits per heavy atom. The van der Waals surface area contributed by atoms with E-state index < -0.39 is 5.97 Å².